The zero-order chi connectivity index (χ0) is 15.2. The zero-order valence-electron chi connectivity index (χ0n) is 13.3. The van der Waals surface area contributed by atoms with Crippen LogP contribution in [0.5, 0.6) is 5.88 Å². The summed E-state index contributed by atoms with van der Waals surface area (Å²) in [4.78, 5) is 4.39. The Hall–Kier alpha value is -0.610. The number of pyridine rings is 1. The minimum absolute atomic E-state index is 0.0806. The molecule has 0 fully saturated rings. The summed E-state index contributed by atoms with van der Waals surface area (Å²) in [6, 6.07) is 2.07. The molecule has 0 amide bonds. The van der Waals surface area contributed by atoms with Crippen LogP contribution in [0.2, 0.25) is 0 Å². The number of aromatic nitrogens is 1. The van der Waals surface area contributed by atoms with Crippen molar-refractivity contribution in [3.63, 3.8) is 0 Å². The summed E-state index contributed by atoms with van der Waals surface area (Å²) in [5.41, 5.74) is 1.18. The monoisotopic (exact) mass is 342 g/mol. The molecule has 0 aliphatic carbocycles. The molecule has 1 aromatic rings. The molecular weight excluding hydrogens is 316 g/mol. The number of nitrogens with zero attached hydrogens (tertiary/aromatic N) is 1. The van der Waals surface area contributed by atoms with Crippen LogP contribution >= 0.6 is 15.9 Å². The Labute approximate surface area is 131 Å². The lowest BCUT2D eigenvalue weighted by molar-refractivity contribution is 0.282. The van der Waals surface area contributed by atoms with Gasteiger partial charge < -0.3 is 10.1 Å². The Balaban J connectivity index is 2.60. The fourth-order valence-corrected chi connectivity index (χ4v) is 2.12. The highest BCUT2D eigenvalue weighted by molar-refractivity contribution is 9.10. The SMILES string of the molecule is CC(C)CCCOc1ncc(Br)cc1CNC(C)(C)C. The van der Waals surface area contributed by atoms with Gasteiger partial charge in [0.2, 0.25) is 5.88 Å². The van der Waals surface area contributed by atoms with E-state index in [2.05, 4.69) is 66.9 Å². The molecule has 0 aromatic carbocycles. The van der Waals surface area contributed by atoms with Gasteiger partial charge in [0.05, 0.1) is 6.61 Å². The van der Waals surface area contributed by atoms with Crippen molar-refractivity contribution in [3.05, 3.63) is 22.3 Å². The first kappa shape index (κ1) is 17.4. The lowest BCUT2D eigenvalue weighted by Crippen LogP contribution is -2.35. The molecule has 3 nitrogen and oxygen atoms in total. The van der Waals surface area contributed by atoms with Gasteiger partial charge in [-0.3, -0.25) is 0 Å². The summed E-state index contributed by atoms with van der Waals surface area (Å²) in [6.45, 7) is 12.4. The number of nitrogens with one attached hydrogen (secondary N) is 1. The summed E-state index contributed by atoms with van der Waals surface area (Å²) in [6.07, 6.45) is 4.05. The lowest BCUT2D eigenvalue weighted by Gasteiger charge is -2.21. The first-order valence-electron chi connectivity index (χ1n) is 7.30. The third-order valence-electron chi connectivity index (χ3n) is 2.87. The highest BCUT2D eigenvalue weighted by atomic mass is 79.9. The number of hydrogen-bond donors (Lipinski definition) is 1. The summed E-state index contributed by atoms with van der Waals surface area (Å²) in [5.74, 6) is 1.47. The minimum Gasteiger partial charge on any atom is -0.477 e. The molecule has 4 heteroatoms. The van der Waals surface area contributed by atoms with Crippen LogP contribution in [-0.2, 0) is 6.54 Å². The smallest absolute Gasteiger partial charge is 0.217 e. The minimum atomic E-state index is 0.0806. The third-order valence-corrected chi connectivity index (χ3v) is 3.30. The molecule has 0 aliphatic heterocycles. The van der Waals surface area contributed by atoms with Crippen molar-refractivity contribution in [2.45, 2.75) is 59.5 Å². The maximum atomic E-state index is 5.84. The molecule has 0 spiro atoms. The van der Waals surface area contributed by atoms with E-state index in [4.69, 9.17) is 4.74 Å². The molecule has 1 aromatic heterocycles. The van der Waals surface area contributed by atoms with E-state index in [0.29, 0.717) is 0 Å². The maximum Gasteiger partial charge on any atom is 0.217 e. The largest absolute Gasteiger partial charge is 0.477 e. The highest BCUT2D eigenvalue weighted by Gasteiger charge is 2.12. The standard InChI is InChI=1S/C16H27BrN2O/c1-12(2)7-6-8-20-15-13(9-14(17)11-18-15)10-19-16(3,4)5/h9,11-12,19H,6-8,10H2,1-5H3. The van der Waals surface area contributed by atoms with E-state index in [1.807, 2.05) is 0 Å². The Bertz CT molecular complexity index is 413. The van der Waals surface area contributed by atoms with Gasteiger partial charge in [0.15, 0.2) is 0 Å². The van der Waals surface area contributed by atoms with Gasteiger partial charge in [-0.15, -0.1) is 0 Å². The van der Waals surface area contributed by atoms with Crippen LogP contribution in [0.3, 0.4) is 0 Å². The summed E-state index contributed by atoms with van der Waals surface area (Å²) in [7, 11) is 0. The predicted molar refractivity (Wildman–Crippen MR) is 88.1 cm³/mol. The van der Waals surface area contributed by atoms with Crippen LogP contribution in [0.15, 0.2) is 16.7 Å². The van der Waals surface area contributed by atoms with Gasteiger partial charge in [-0.05, 0) is 61.5 Å². The van der Waals surface area contributed by atoms with Crippen LogP contribution in [0.4, 0.5) is 0 Å². The first-order valence-corrected chi connectivity index (χ1v) is 8.09. The van der Waals surface area contributed by atoms with Crippen molar-refractivity contribution < 1.29 is 4.74 Å². The normalized spacial score (nSPS) is 11.9. The molecule has 114 valence electrons. The number of ether oxygens (including phenoxy) is 1. The molecule has 1 rings (SSSR count). The van der Waals surface area contributed by atoms with E-state index in [9.17, 15) is 0 Å². The van der Waals surface area contributed by atoms with Crippen LogP contribution in [-0.4, -0.2) is 17.1 Å². The molecule has 0 atom stereocenters. The van der Waals surface area contributed by atoms with Gasteiger partial charge in [-0.1, -0.05) is 13.8 Å². The average Bonchev–Trinajstić information content (AvgIpc) is 2.32. The second-order valence-corrected chi connectivity index (χ2v) is 7.52. The molecule has 0 saturated carbocycles. The Kier molecular flexibility index (Phi) is 6.96. The molecule has 0 unspecified atom stereocenters. The van der Waals surface area contributed by atoms with Gasteiger partial charge in [-0.25, -0.2) is 4.98 Å². The van der Waals surface area contributed by atoms with Gasteiger partial charge in [0.1, 0.15) is 0 Å². The van der Waals surface area contributed by atoms with Gasteiger partial charge >= 0.3 is 0 Å². The predicted octanol–water partition coefficient (Wildman–Crippen LogP) is 4.55. The Morgan fingerprint density at radius 3 is 2.65 bits per heavy atom. The molecule has 0 radical (unpaired) electrons. The summed E-state index contributed by atoms with van der Waals surface area (Å²) in [5, 5.41) is 3.47. The molecule has 0 bridgehead atoms. The van der Waals surface area contributed by atoms with Crippen LogP contribution in [0.25, 0.3) is 0 Å². The van der Waals surface area contributed by atoms with E-state index >= 15 is 0 Å². The van der Waals surface area contributed by atoms with E-state index in [1.54, 1.807) is 6.20 Å². The fraction of sp³-hybridized carbons (Fsp3) is 0.688. The quantitative estimate of drug-likeness (QED) is 0.738. The molecule has 20 heavy (non-hydrogen) atoms. The number of halogens is 1. The lowest BCUT2D eigenvalue weighted by atomic mass is 10.1. The van der Waals surface area contributed by atoms with Gasteiger partial charge in [-0.2, -0.15) is 0 Å². The molecule has 0 saturated heterocycles. The summed E-state index contributed by atoms with van der Waals surface area (Å²) >= 11 is 3.47. The highest BCUT2D eigenvalue weighted by Crippen LogP contribution is 2.21. The maximum absolute atomic E-state index is 5.84. The molecular formula is C16H27BrN2O. The van der Waals surface area contributed by atoms with Crippen LogP contribution < -0.4 is 10.1 Å². The summed E-state index contributed by atoms with van der Waals surface area (Å²) < 4.78 is 6.82. The average molecular weight is 343 g/mol. The van der Waals surface area contributed by atoms with Crippen molar-refractivity contribution >= 4 is 15.9 Å². The molecule has 1 N–H and O–H groups in total. The van der Waals surface area contributed by atoms with E-state index in [0.717, 1.165) is 41.4 Å². The van der Waals surface area contributed by atoms with E-state index in [1.165, 1.54) is 6.42 Å². The van der Waals surface area contributed by atoms with Gasteiger partial charge in [0, 0.05) is 28.3 Å². The van der Waals surface area contributed by atoms with Crippen molar-refractivity contribution in [2.75, 3.05) is 6.61 Å². The second kappa shape index (κ2) is 7.99. The van der Waals surface area contributed by atoms with E-state index in [-0.39, 0.29) is 5.54 Å². The van der Waals surface area contributed by atoms with E-state index < -0.39 is 0 Å². The van der Waals surface area contributed by atoms with Crippen LogP contribution in [0, 0.1) is 5.92 Å². The van der Waals surface area contributed by atoms with Gasteiger partial charge in [0.25, 0.3) is 0 Å². The number of hydrogen-bond acceptors (Lipinski definition) is 3. The number of rotatable bonds is 7. The van der Waals surface area contributed by atoms with Crippen molar-refractivity contribution in [2.24, 2.45) is 5.92 Å². The van der Waals surface area contributed by atoms with Crippen LogP contribution in [0.1, 0.15) is 53.0 Å². The molecule has 1 heterocycles. The third kappa shape index (κ3) is 7.25. The topological polar surface area (TPSA) is 34.1 Å². The molecule has 0 aliphatic rings. The Morgan fingerprint density at radius 1 is 1.35 bits per heavy atom. The van der Waals surface area contributed by atoms with Crippen molar-refractivity contribution in [1.82, 2.24) is 10.3 Å². The second-order valence-electron chi connectivity index (χ2n) is 6.61. The Morgan fingerprint density at radius 2 is 2.05 bits per heavy atom. The fourth-order valence-electron chi connectivity index (χ4n) is 1.75. The van der Waals surface area contributed by atoms with Crippen molar-refractivity contribution in [3.8, 4) is 5.88 Å². The zero-order valence-corrected chi connectivity index (χ0v) is 14.9. The first-order chi connectivity index (χ1) is 9.28. The van der Waals surface area contributed by atoms with Crippen molar-refractivity contribution in [1.29, 1.82) is 0 Å².